The van der Waals surface area contributed by atoms with Gasteiger partial charge in [0.1, 0.15) is 0 Å². The zero-order valence-corrected chi connectivity index (χ0v) is 17.2. The van der Waals surface area contributed by atoms with Gasteiger partial charge in [0.15, 0.2) is 0 Å². The Morgan fingerprint density at radius 1 is 1.04 bits per heavy atom. The Bertz CT molecular complexity index is 710. The standard InChI is InChI=1S/C19H21Cl2NOS2/c1-14-4-2-3-5-15(14)11-24-9-8-22-19(23)13-25-12-16-6-7-17(20)10-18(16)21/h2-7,10H,8-9,11-13H2,1H3,(H,22,23). The summed E-state index contributed by atoms with van der Waals surface area (Å²) < 4.78 is 0. The van der Waals surface area contributed by atoms with E-state index in [0.29, 0.717) is 28.1 Å². The number of carbonyl (C=O) groups excluding carboxylic acids is 1. The molecule has 2 nitrogen and oxygen atoms in total. The summed E-state index contributed by atoms with van der Waals surface area (Å²) in [4.78, 5) is 11.9. The lowest BCUT2D eigenvalue weighted by Gasteiger charge is -2.07. The van der Waals surface area contributed by atoms with E-state index in [1.807, 2.05) is 23.9 Å². The number of halogens is 2. The van der Waals surface area contributed by atoms with Crippen LogP contribution in [0.5, 0.6) is 0 Å². The fraction of sp³-hybridized carbons (Fsp3) is 0.316. The van der Waals surface area contributed by atoms with Crippen LogP contribution in [0.25, 0.3) is 0 Å². The number of benzene rings is 2. The molecule has 6 heteroatoms. The van der Waals surface area contributed by atoms with Crippen LogP contribution < -0.4 is 5.32 Å². The highest BCUT2D eigenvalue weighted by atomic mass is 35.5. The normalized spacial score (nSPS) is 10.7. The fourth-order valence-electron chi connectivity index (χ4n) is 2.16. The first-order valence-corrected chi connectivity index (χ1v) is 11.0. The third-order valence-corrected chi connectivity index (χ3v) is 6.17. The van der Waals surface area contributed by atoms with Crippen molar-refractivity contribution in [1.29, 1.82) is 0 Å². The van der Waals surface area contributed by atoms with Crippen LogP contribution in [0.1, 0.15) is 16.7 Å². The van der Waals surface area contributed by atoms with Crippen molar-refractivity contribution >= 4 is 52.6 Å². The second-order valence-electron chi connectivity index (χ2n) is 5.56. The van der Waals surface area contributed by atoms with Gasteiger partial charge in [-0.2, -0.15) is 11.8 Å². The van der Waals surface area contributed by atoms with E-state index in [9.17, 15) is 4.79 Å². The van der Waals surface area contributed by atoms with E-state index in [1.165, 1.54) is 11.1 Å². The number of nitrogens with one attached hydrogen (secondary N) is 1. The van der Waals surface area contributed by atoms with Crippen LogP contribution in [0, 0.1) is 6.92 Å². The second-order valence-corrected chi connectivity index (χ2v) is 8.49. The molecule has 2 rings (SSSR count). The predicted octanol–water partition coefficient (Wildman–Crippen LogP) is 5.58. The van der Waals surface area contributed by atoms with E-state index in [0.717, 1.165) is 17.1 Å². The largest absolute Gasteiger partial charge is 0.355 e. The molecule has 2 aromatic carbocycles. The number of hydrogen-bond donors (Lipinski definition) is 1. The van der Waals surface area contributed by atoms with Gasteiger partial charge in [-0.1, -0.05) is 53.5 Å². The molecule has 25 heavy (non-hydrogen) atoms. The second kappa shape index (κ2) is 11.0. The minimum atomic E-state index is 0.0616. The van der Waals surface area contributed by atoms with Crippen LogP contribution in [-0.4, -0.2) is 24.0 Å². The van der Waals surface area contributed by atoms with Crippen molar-refractivity contribution in [3.8, 4) is 0 Å². The van der Waals surface area contributed by atoms with Crippen LogP contribution in [0.2, 0.25) is 10.0 Å². The first kappa shape index (κ1) is 20.5. The molecule has 0 fully saturated rings. The van der Waals surface area contributed by atoms with E-state index in [-0.39, 0.29) is 5.91 Å². The summed E-state index contributed by atoms with van der Waals surface area (Å²) in [5, 5.41) is 4.23. The molecule has 0 aliphatic carbocycles. The van der Waals surface area contributed by atoms with Gasteiger partial charge in [0, 0.05) is 33.8 Å². The molecule has 1 N–H and O–H groups in total. The van der Waals surface area contributed by atoms with E-state index < -0.39 is 0 Å². The lowest BCUT2D eigenvalue weighted by Crippen LogP contribution is -2.27. The molecule has 0 aromatic heterocycles. The lowest BCUT2D eigenvalue weighted by atomic mass is 10.1. The van der Waals surface area contributed by atoms with Crippen molar-refractivity contribution < 1.29 is 4.79 Å². The van der Waals surface area contributed by atoms with Crippen molar-refractivity contribution in [3.05, 3.63) is 69.2 Å². The Morgan fingerprint density at radius 3 is 2.56 bits per heavy atom. The monoisotopic (exact) mass is 413 g/mol. The number of carbonyl (C=O) groups is 1. The van der Waals surface area contributed by atoms with Crippen LogP contribution in [-0.2, 0) is 16.3 Å². The summed E-state index contributed by atoms with van der Waals surface area (Å²) in [5.41, 5.74) is 3.67. The summed E-state index contributed by atoms with van der Waals surface area (Å²) in [6.07, 6.45) is 0. The van der Waals surface area contributed by atoms with E-state index in [1.54, 1.807) is 17.8 Å². The smallest absolute Gasteiger partial charge is 0.230 e. The molecule has 0 heterocycles. The minimum absolute atomic E-state index is 0.0616. The summed E-state index contributed by atoms with van der Waals surface area (Å²) >= 11 is 15.4. The van der Waals surface area contributed by atoms with Crippen molar-refractivity contribution in [1.82, 2.24) is 5.32 Å². The number of thioether (sulfide) groups is 2. The van der Waals surface area contributed by atoms with Gasteiger partial charge >= 0.3 is 0 Å². The molecule has 0 unspecified atom stereocenters. The number of amides is 1. The van der Waals surface area contributed by atoms with Crippen LogP contribution in [0.15, 0.2) is 42.5 Å². The van der Waals surface area contributed by atoms with E-state index in [2.05, 4.69) is 36.5 Å². The average Bonchev–Trinajstić information content (AvgIpc) is 2.58. The molecular weight excluding hydrogens is 393 g/mol. The Hall–Kier alpha value is -0.810. The molecule has 1 amide bonds. The molecule has 0 spiro atoms. The molecular formula is C19H21Cl2NOS2. The molecule has 0 aliphatic rings. The van der Waals surface area contributed by atoms with Crippen molar-refractivity contribution in [2.45, 2.75) is 18.4 Å². The van der Waals surface area contributed by atoms with Gasteiger partial charge in [0.05, 0.1) is 5.75 Å². The SMILES string of the molecule is Cc1ccccc1CSCCNC(=O)CSCc1ccc(Cl)cc1Cl. The third kappa shape index (κ3) is 7.53. The average molecular weight is 414 g/mol. The number of hydrogen-bond acceptors (Lipinski definition) is 3. The Labute approximate surface area is 168 Å². The van der Waals surface area contributed by atoms with Crippen LogP contribution >= 0.6 is 46.7 Å². The Kier molecular flexibility index (Phi) is 9.04. The van der Waals surface area contributed by atoms with Gasteiger partial charge in [0.2, 0.25) is 5.91 Å². The molecule has 134 valence electrons. The molecule has 0 saturated carbocycles. The van der Waals surface area contributed by atoms with Crippen LogP contribution in [0.3, 0.4) is 0 Å². The maximum atomic E-state index is 11.9. The number of rotatable bonds is 9. The topological polar surface area (TPSA) is 29.1 Å². The maximum Gasteiger partial charge on any atom is 0.230 e. The zero-order chi connectivity index (χ0) is 18.1. The third-order valence-electron chi connectivity index (χ3n) is 3.59. The quantitative estimate of drug-likeness (QED) is 0.543. The Balaban J connectivity index is 1.57. The van der Waals surface area contributed by atoms with E-state index in [4.69, 9.17) is 23.2 Å². The predicted molar refractivity (Wildman–Crippen MR) is 113 cm³/mol. The van der Waals surface area contributed by atoms with Crippen molar-refractivity contribution in [2.75, 3.05) is 18.1 Å². The lowest BCUT2D eigenvalue weighted by molar-refractivity contribution is -0.118. The van der Waals surface area contributed by atoms with Crippen molar-refractivity contribution in [2.24, 2.45) is 0 Å². The van der Waals surface area contributed by atoms with Gasteiger partial charge in [0.25, 0.3) is 0 Å². The first-order valence-electron chi connectivity index (χ1n) is 7.97. The molecule has 0 atom stereocenters. The highest BCUT2D eigenvalue weighted by molar-refractivity contribution is 7.99. The minimum Gasteiger partial charge on any atom is -0.355 e. The highest BCUT2D eigenvalue weighted by Crippen LogP contribution is 2.24. The summed E-state index contributed by atoms with van der Waals surface area (Å²) in [6.45, 7) is 2.82. The number of aryl methyl sites for hydroxylation is 1. The summed E-state index contributed by atoms with van der Waals surface area (Å²) in [7, 11) is 0. The highest BCUT2D eigenvalue weighted by Gasteiger charge is 2.05. The van der Waals surface area contributed by atoms with Gasteiger partial charge in [-0.15, -0.1) is 11.8 Å². The summed E-state index contributed by atoms with van der Waals surface area (Å²) in [5.74, 6) is 3.08. The first-order chi connectivity index (χ1) is 12.1. The Morgan fingerprint density at radius 2 is 1.80 bits per heavy atom. The van der Waals surface area contributed by atoms with E-state index >= 15 is 0 Å². The maximum absolute atomic E-state index is 11.9. The van der Waals surface area contributed by atoms with Gasteiger partial charge in [-0.3, -0.25) is 4.79 Å². The van der Waals surface area contributed by atoms with Gasteiger partial charge < -0.3 is 5.32 Å². The molecule has 0 saturated heterocycles. The molecule has 2 aromatic rings. The van der Waals surface area contributed by atoms with Crippen molar-refractivity contribution in [3.63, 3.8) is 0 Å². The molecule has 0 radical (unpaired) electrons. The van der Waals surface area contributed by atoms with Gasteiger partial charge in [-0.25, -0.2) is 0 Å². The molecule has 0 aliphatic heterocycles. The zero-order valence-electron chi connectivity index (χ0n) is 14.1. The van der Waals surface area contributed by atoms with Gasteiger partial charge in [-0.05, 0) is 35.7 Å². The fourth-order valence-corrected chi connectivity index (χ4v) is 4.51. The summed E-state index contributed by atoms with van der Waals surface area (Å²) in [6, 6.07) is 13.8. The van der Waals surface area contributed by atoms with Crippen LogP contribution in [0.4, 0.5) is 0 Å². The molecule has 0 bridgehead atoms.